The Balaban J connectivity index is 1.42. The van der Waals surface area contributed by atoms with Crippen LogP contribution in [0.1, 0.15) is 30.9 Å². The SMILES string of the molecule is CN1CCC(N2C[C@@H]3C[C@H](C2)c2ccc(-c4ccc(Cl)cc4)c(=O)n2C3)CC1. The first kappa shape index (κ1) is 18.4. The van der Waals surface area contributed by atoms with Gasteiger partial charge in [0.2, 0.25) is 0 Å². The standard InChI is InChI=1S/C23H28ClN3O/c1-25-10-8-20(9-11-25)26-13-16-12-18(15-26)22-7-6-21(23(28)27(22)14-16)17-2-4-19(24)5-3-17/h2-7,16,18,20H,8-15H2,1H3/t16-,18+/m0/s1. The van der Waals surface area contributed by atoms with Gasteiger partial charge in [0.15, 0.2) is 0 Å². The number of rotatable bonds is 2. The highest BCUT2D eigenvalue weighted by Crippen LogP contribution is 2.37. The Kier molecular flexibility index (Phi) is 4.82. The molecule has 2 fully saturated rings. The second-order valence-electron chi connectivity index (χ2n) is 8.88. The Morgan fingerprint density at radius 3 is 2.46 bits per heavy atom. The molecule has 2 aromatic rings. The van der Waals surface area contributed by atoms with Crippen molar-refractivity contribution in [2.24, 2.45) is 5.92 Å². The molecule has 0 unspecified atom stereocenters. The third-order valence-electron chi connectivity index (χ3n) is 6.99. The number of benzene rings is 1. The summed E-state index contributed by atoms with van der Waals surface area (Å²) < 4.78 is 2.06. The summed E-state index contributed by atoms with van der Waals surface area (Å²) in [6.45, 7) is 5.51. The van der Waals surface area contributed by atoms with Crippen molar-refractivity contribution in [3.05, 3.63) is 57.5 Å². The molecule has 4 heterocycles. The Hall–Kier alpha value is -1.62. The van der Waals surface area contributed by atoms with Gasteiger partial charge in [0.1, 0.15) is 0 Å². The third kappa shape index (κ3) is 3.32. The van der Waals surface area contributed by atoms with Gasteiger partial charge in [-0.1, -0.05) is 23.7 Å². The smallest absolute Gasteiger partial charge is 0.258 e. The Bertz CT molecular complexity index is 914. The molecule has 0 aliphatic carbocycles. The maximum atomic E-state index is 13.3. The molecule has 4 nitrogen and oxygen atoms in total. The number of pyridine rings is 1. The second kappa shape index (κ2) is 7.33. The van der Waals surface area contributed by atoms with Crippen LogP contribution in [0.5, 0.6) is 0 Å². The van der Waals surface area contributed by atoms with E-state index in [2.05, 4.69) is 27.5 Å². The third-order valence-corrected chi connectivity index (χ3v) is 7.24. The van der Waals surface area contributed by atoms with Crippen LogP contribution in [-0.4, -0.2) is 53.6 Å². The highest BCUT2D eigenvalue weighted by molar-refractivity contribution is 6.30. The molecule has 3 aliphatic rings. The average molecular weight is 398 g/mol. The van der Waals surface area contributed by atoms with Gasteiger partial charge in [-0.2, -0.15) is 0 Å². The van der Waals surface area contributed by atoms with Gasteiger partial charge >= 0.3 is 0 Å². The van der Waals surface area contributed by atoms with E-state index < -0.39 is 0 Å². The number of fused-ring (bicyclic) bond motifs is 4. The predicted molar refractivity (Wildman–Crippen MR) is 114 cm³/mol. The summed E-state index contributed by atoms with van der Waals surface area (Å²) in [5, 5.41) is 0.699. The zero-order chi connectivity index (χ0) is 19.3. The fraction of sp³-hybridized carbons (Fsp3) is 0.522. The van der Waals surface area contributed by atoms with Crippen molar-refractivity contribution < 1.29 is 0 Å². The molecule has 5 rings (SSSR count). The number of nitrogens with zero attached hydrogens (tertiary/aromatic N) is 3. The van der Waals surface area contributed by atoms with Gasteiger partial charge in [0.05, 0.1) is 0 Å². The normalized spacial score (nSPS) is 26.2. The molecule has 28 heavy (non-hydrogen) atoms. The van der Waals surface area contributed by atoms with Crippen molar-refractivity contribution in [3.8, 4) is 11.1 Å². The lowest BCUT2D eigenvalue weighted by Gasteiger charge is -2.47. The van der Waals surface area contributed by atoms with E-state index in [1.54, 1.807) is 0 Å². The van der Waals surface area contributed by atoms with E-state index in [4.69, 9.17) is 11.6 Å². The van der Waals surface area contributed by atoms with E-state index in [0.717, 1.165) is 30.8 Å². The van der Waals surface area contributed by atoms with Gasteiger partial charge in [0, 0.05) is 47.9 Å². The summed E-state index contributed by atoms with van der Waals surface area (Å²) in [4.78, 5) is 18.4. The first-order valence-electron chi connectivity index (χ1n) is 10.5. The molecule has 2 atom stereocenters. The minimum Gasteiger partial charge on any atom is -0.311 e. The van der Waals surface area contributed by atoms with Crippen molar-refractivity contribution in [2.45, 2.75) is 37.8 Å². The van der Waals surface area contributed by atoms with Crippen LogP contribution in [0.25, 0.3) is 11.1 Å². The number of halogens is 1. The molecule has 0 spiro atoms. The molecule has 3 aliphatic heterocycles. The van der Waals surface area contributed by atoms with Crippen LogP contribution in [-0.2, 0) is 6.54 Å². The minimum absolute atomic E-state index is 0.155. The summed E-state index contributed by atoms with van der Waals surface area (Å²) in [6.07, 6.45) is 3.78. The molecule has 148 valence electrons. The monoisotopic (exact) mass is 397 g/mol. The predicted octanol–water partition coefficient (Wildman–Crippen LogP) is 3.68. The van der Waals surface area contributed by atoms with E-state index in [1.165, 1.54) is 38.0 Å². The highest BCUT2D eigenvalue weighted by Gasteiger charge is 2.37. The largest absolute Gasteiger partial charge is 0.311 e. The van der Waals surface area contributed by atoms with Crippen molar-refractivity contribution in [3.63, 3.8) is 0 Å². The number of likely N-dealkylation sites (tertiary alicyclic amines) is 2. The van der Waals surface area contributed by atoms with Crippen LogP contribution >= 0.6 is 11.6 Å². The molecule has 0 amide bonds. The summed E-state index contributed by atoms with van der Waals surface area (Å²) in [7, 11) is 2.22. The van der Waals surface area contributed by atoms with Crippen LogP contribution in [0.15, 0.2) is 41.2 Å². The number of piperidine rings is 2. The summed E-state index contributed by atoms with van der Waals surface area (Å²) >= 11 is 6.01. The highest BCUT2D eigenvalue weighted by atomic mass is 35.5. The Labute approximate surface area is 171 Å². The van der Waals surface area contributed by atoms with E-state index >= 15 is 0 Å². The molecule has 0 N–H and O–H groups in total. The molecule has 1 aromatic carbocycles. The van der Waals surface area contributed by atoms with Gasteiger partial charge in [-0.15, -0.1) is 0 Å². The Morgan fingerprint density at radius 2 is 1.71 bits per heavy atom. The van der Waals surface area contributed by atoms with E-state index in [1.807, 2.05) is 30.3 Å². The lowest BCUT2D eigenvalue weighted by Crippen LogP contribution is -2.53. The maximum Gasteiger partial charge on any atom is 0.258 e. The van der Waals surface area contributed by atoms with E-state index in [-0.39, 0.29) is 5.56 Å². The van der Waals surface area contributed by atoms with E-state index in [0.29, 0.717) is 22.9 Å². The molecular weight excluding hydrogens is 370 g/mol. The maximum absolute atomic E-state index is 13.3. The average Bonchev–Trinajstić information content (AvgIpc) is 2.70. The number of aromatic nitrogens is 1. The van der Waals surface area contributed by atoms with Crippen molar-refractivity contribution in [2.75, 3.05) is 33.2 Å². The van der Waals surface area contributed by atoms with Gasteiger partial charge in [-0.25, -0.2) is 0 Å². The molecule has 0 saturated carbocycles. The van der Waals surface area contributed by atoms with Crippen molar-refractivity contribution >= 4 is 11.6 Å². The Morgan fingerprint density at radius 1 is 0.964 bits per heavy atom. The molecule has 2 saturated heterocycles. The number of hydrogen-bond donors (Lipinski definition) is 0. The summed E-state index contributed by atoms with van der Waals surface area (Å²) in [5.41, 5.74) is 3.12. The van der Waals surface area contributed by atoms with Crippen LogP contribution in [0, 0.1) is 5.92 Å². The van der Waals surface area contributed by atoms with Crippen molar-refractivity contribution in [1.82, 2.24) is 14.4 Å². The second-order valence-corrected chi connectivity index (χ2v) is 9.32. The fourth-order valence-corrected chi connectivity index (χ4v) is 5.62. The quantitative estimate of drug-likeness (QED) is 0.773. The lowest BCUT2D eigenvalue weighted by molar-refractivity contribution is 0.0517. The van der Waals surface area contributed by atoms with Crippen LogP contribution in [0.4, 0.5) is 0 Å². The van der Waals surface area contributed by atoms with Gasteiger partial charge in [0.25, 0.3) is 5.56 Å². The van der Waals surface area contributed by atoms with Crippen LogP contribution in [0.3, 0.4) is 0 Å². The summed E-state index contributed by atoms with van der Waals surface area (Å²) in [5.74, 6) is 1.07. The van der Waals surface area contributed by atoms with Crippen LogP contribution in [0.2, 0.25) is 5.02 Å². The first-order chi connectivity index (χ1) is 13.6. The fourth-order valence-electron chi connectivity index (χ4n) is 5.49. The molecule has 2 bridgehead atoms. The minimum atomic E-state index is 0.155. The van der Waals surface area contributed by atoms with Gasteiger partial charge < -0.3 is 9.47 Å². The zero-order valence-electron chi connectivity index (χ0n) is 16.5. The topological polar surface area (TPSA) is 28.5 Å². The first-order valence-corrected chi connectivity index (χ1v) is 10.9. The molecule has 5 heteroatoms. The van der Waals surface area contributed by atoms with Crippen LogP contribution < -0.4 is 5.56 Å². The van der Waals surface area contributed by atoms with Crippen molar-refractivity contribution in [1.29, 1.82) is 0 Å². The number of hydrogen-bond acceptors (Lipinski definition) is 3. The van der Waals surface area contributed by atoms with E-state index in [9.17, 15) is 4.79 Å². The van der Waals surface area contributed by atoms with Gasteiger partial charge in [-0.05, 0) is 75.1 Å². The molecule has 0 radical (unpaired) electrons. The lowest BCUT2D eigenvalue weighted by atomic mass is 9.81. The van der Waals surface area contributed by atoms with Gasteiger partial charge in [-0.3, -0.25) is 9.69 Å². The molecule has 1 aromatic heterocycles. The summed E-state index contributed by atoms with van der Waals surface area (Å²) in [6, 6.07) is 12.5. The zero-order valence-corrected chi connectivity index (χ0v) is 17.2. The molecular formula is C23H28ClN3O.